The molecule has 1 N–H and O–H groups in total. The molecule has 0 aliphatic rings. The van der Waals surface area contributed by atoms with E-state index in [1.54, 1.807) is 6.20 Å². The van der Waals surface area contributed by atoms with Gasteiger partial charge >= 0.3 is 0 Å². The second-order valence-corrected chi connectivity index (χ2v) is 4.52. The summed E-state index contributed by atoms with van der Waals surface area (Å²) in [7, 11) is 0. The Balaban J connectivity index is 2.14. The van der Waals surface area contributed by atoms with E-state index in [2.05, 4.69) is 39.4 Å². The van der Waals surface area contributed by atoms with Crippen LogP contribution in [-0.2, 0) is 0 Å². The Morgan fingerprint density at radius 1 is 1.21 bits per heavy atom. The minimum absolute atomic E-state index is 0.604. The largest absolute Gasteiger partial charge is 0.381 e. The van der Waals surface area contributed by atoms with Gasteiger partial charge < -0.3 is 4.52 Å². The second kappa shape index (κ2) is 3.65. The van der Waals surface area contributed by atoms with Gasteiger partial charge in [0.1, 0.15) is 0 Å². The van der Waals surface area contributed by atoms with Crippen LogP contribution < -0.4 is 0 Å². The molecule has 3 aromatic heterocycles. The molecule has 4 aromatic rings. The zero-order valence-corrected chi connectivity index (χ0v) is 10.2. The molecule has 0 aliphatic carbocycles. The summed E-state index contributed by atoms with van der Waals surface area (Å²) in [6.45, 7) is 2.06. The van der Waals surface area contributed by atoms with Crippen molar-refractivity contribution in [3.05, 3.63) is 42.2 Å². The van der Waals surface area contributed by atoms with Gasteiger partial charge in [-0.1, -0.05) is 23.8 Å². The molecular formula is C14H10N4O. The minimum Gasteiger partial charge on any atom is -0.381 e. The molecule has 0 atom stereocenters. The van der Waals surface area contributed by atoms with Crippen LogP contribution in [0, 0.1) is 6.92 Å². The highest BCUT2D eigenvalue weighted by atomic mass is 16.5. The van der Waals surface area contributed by atoms with Crippen molar-refractivity contribution < 1.29 is 4.52 Å². The fourth-order valence-corrected chi connectivity index (χ4v) is 2.32. The molecule has 0 bridgehead atoms. The number of nitrogens with one attached hydrogen (secondary N) is 1. The number of H-pyrrole nitrogens is 1. The number of hydrogen-bond acceptors (Lipinski definition) is 4. The van der Waals surface area contributed by atoms with Gasteiger partial charge in [0.15, 0.2) is 11.2 Å². The molecule has 0 saturated carbocycles. The molecule has 0 unspecified atom stereocenters. The van der Waals surface area contributed by atoms with E-state index in [0.29, 0.717) is 5.65 Å². The molecular weight excluding hydrogens is 240 g/mol. The van der Waals surface area contributed by atoms with Crippen molar-refractivity contribution in [3.63, 3.8) is 0 Å². The van der Waals surface area contributed by atoms with Gasteiger partial charge in [0.25, 0.3) is 0 Å². The number of aromatic amines is 1. The maximum absolute atomic E-state index is 5.44. The van der Waals surface area contributed by atoms with Crippen LogP contribution in [0.1, 0.15) is 5.56 Å². The predicted octanol–water partition coefficient (Wildman–Crippen LogP) is 3.07. The Labute approximate surface area is 108 Å². The van der Waals surface area contributed by atoms with Crippen LogP contribution in [0.15, 0.2) is 41.2 Å². The van der Waals surface area contributed by atoms with E-state index in [-0.39, 0.29) is 0 Å². The second-order valence-electron chi connectivity index (χ2n) is 4.52. The first kappa shape index (κ1) is 10.3. The van der Waals surface area contributed by atoms with Crippen LogP contribution in [-0.4, -0.2) is 20.3 Å². The van der Waals surface area contributed by atoms with Crippen molar-refractivity contribution in [2.75, 3.05) is 0 Å². The normalized spacial score (nSPS) is 11.4. The number of hydrogen-bond donors (Lipinski definition) is 1. The minimum atomic E-state index is 0.604. The van der Waals surface area contributed by atoms with Gasteiger partial charge in [0.05, 0.1) is 22.7 Å². The Kier molecular flexibility index (Phi) is 1.97. The first-order valence-electron chi connectivity index (χ1n) is 5.97. The number of benzene rings is 1. The highest BCUT2D eigenvalue weighted by Gasteiger charge is 2.14. The maximum Gasteiger partial charge on any atom is 0.187 e. The van der Waals surface area contributed by atoms with E-state index in [1.807, 2.05) is 18.3 Å². The van der Waals surface area contributed by atoms with Crippen LogP contribution in [0.2, 0.25) is 0 Å². The molecule has 0 amide bonds. The summed E-state index contributed by atoms with van der Waals surface area (Å²) < 4.78 is 5.44. The zero-order valence-electron chi connectivity index (χ0n) is 10.2. The highest BCUT2D eigenvalue weighted by Crippen LogP contribution is 2.31. The number of nitrogens with zero attached hydrogens (tertiary/aromatic N) is 3. The third-order valence-electron chi connectivity index (χ3n) is 3.20. The van der Waals surface area contributed by atoms with Crippen molar-refractivity contribution in [2.45, 2.75) is 6.92 Å². The van der Waals surface area contributed by atoms with E-state index in [1.165, 1.54) is 5.56 Å². The number of aromatic nitrogens is 4. The molecule has 4 rings (SSSR count). The molecule has 0 aliphatic heterocycles. The number of pyridine rings is 1. The molecule has 0 fully saturated rings. The quantitative estimate of drug-likeness (QED) is 0.563. The summed E-state index contributed by atoms with van der Waals surface area (Å²) >= 11 is 0. The van der Waals surface area contributed by atoms with Crippen LogP contribution in [0.25, 0.3) is 33.3 Å². The number of rotatable bonds is 1. The van der Waals surface area contributed by atoms with Gasteiger partial charge in [-0.3, -0.25) is 0 Å². The van der Waals surface area contributed by atoms with E-state index in [9.17, 15) is 0 Å². The van der Waals surface area contributed by atoms with Gasteiger partial charge in [-0.25, -0.2) is 10.1 Å². The molecule has 19 heavy (non-hydrogen) atoms. The Bertz CT molecular complexity index is 891. The zero-order chi connectivity index (χ0) is 12.8. The Morgan fingerprint density at radius 2 is 2.16 bits per heavy atom. The fourth-order valence-electron chi connectivity index (χ4n) is 2.32. The van der Waals surface area contributed by atoms with Crippen molar-refractivity contribution in [2.24, 2.45) is 0 Å². The summed E-state index contributed by atoms with van der Waals surface area (Å²) in [5.41, 5.74) is 4.44. The van der Waals surface area contributed by atoms with Crippen molar-refractivity contribution in [1.82, 2.24) is 20.3 Å². The van der Waals surface area contributed by atoms with Gasteiger partial charge in [0, 0.05) is 11.8 Å². The molecule has 0 radical (unpaired) electrons. The third-order valence-corrected chi connectivity index (χ3v) is 3.20. The molecule has 0 saturated heterocycles. The summed E-state index contributed by atoms with van der Waals surface area (Å²) in [5.74, 6) is 0. The lowest BCUT2D eigenvalue weighted by atomic mass is 10.1. The molecule has 3 heterocycles. The highest BCUT2D eigenvalue weighted by molar-refractivity contribution is 6.06. The van der Waals surface area contributed by atoms with Gasteiger partial charge in [-0.15, -0.1) is 5.10 Å². The summed E-state index contributed by atoms with van der Waals surface area (Å²) in [5, 5.41) is 12.5. The lowest BCUT2D eigenvalue weighted by Gasteiger charge is -2.03. The maximum atomic E-state index is 5.44. The topological polar surface area (TPSA) is 67.6 Å². The number of fused-ring (bicyclic) bond motifs is 3. The molecule has 5 heteroatoms. The Morgan fingerprint density at radius 3 is 3.05 bits per heavy atom. The van der Waals surface area contributed by atoms with E-state index in [0.717, 1.165) is 27.6 Å². The lowest BCUT2D eigenvalue weighted by molar-refractivity contribution is 0.458. The molecule has 92 valence electrons. The van der Waals surface area contributed by atoms with Crippen molar-refractivity contribution >= 4 is 22.0 Å². The van der Waals surface area contributed by atoms with E-state index >= 15 is 0 Å². The lowest BCUT2D eigenvalue weighted by Crippen LogP contribution is -1.87. The predicted molar refractivity (Wildman–Crippen MR) is 71.6 cm³/mol. The first-order valence-corrected chi connectivity index (χ1v) is 5.97. The molecule has 1 aromatic carbocycles. The van der Waals surface area contributed by atoms with E-state index < -0.39 is 0 Å². The standard InChI is InChI=1S/C14H10N4O/c1-8-3-2-4-9(5-8)12-10-7-16-19-13(10)11-6-15-18-14(11)17-12/h2-7,16H,1H3. The molecule has 5 nitrogen and oxygen atoms in total. The van der Waals surface area contributed by atoms with Gasteiger partial charge in [-0.2, -0.15) is 5.10 Å². The first-order chi connectivity index (χ1) is 9.33. The monoisotopic (exact) mass is 250 g/mol. The van der Waals surface area contributed by atoms with Gasteiger partial charge in [0.2, 0.25) is 0 Å². The SMILES string of the molecule is Cc1cccc(-c2nc3nncc3c3o[nH]cc23)c1. The van der Waals surface area contributed by atoms with E-state index in [4.69, 9.17) is 4.52 Å². The van der Waals surface area contributed by atoms with Crippen molar-refractivity contribution in [3.8, 4) is 11.3 Å². The van der Waals surface area contributed by atoms with Crippen molar-refractivity contribution in [1.29, 1.82) is 0 Å². The van der Waals surface area contributed by atoms with Gasteiger partial charge in [-0.05, 0) is 13.0 Å². The van der Waals surface area contributed by atoms with Crippen LogP contribution in [0.5, 0.6) is 0 Å². The average molecular weight is 250 g/mol. The third kappa shape index (κ3) is 1.45. The smallest absolute Gasteiger partial charge is 0.187 e. The summed E-state index contributed by atoms with van der Waals surface area (Å²) in [6.07, 6.45) is 3.48. The van der Waals surface area contributed by atoms with Crippen LogP contribution >= 0.6 is 0 Å². The average Bonchev–Trinajstić information content (AvgIpc) is 3.05. The van der Waals surface area contributed by atoms with Crippen LogP contribution in [0.4, 0.5) is 0 Å². The Hall–Kier alpha value is -2.69. The summed E-state index contributed by atoms with van der Waals surface area (Å²) in [6, 6.07) is 8.20. The molecule has 0 spiro atoms. The fraction of sp³-hybridized carbons (Fsp3) is 0.0714. The van der Waals surface area contributed by atoms with Crippen LogP contribution in [0.3, 0.4) is 0 Å². The summed E-state index contributed by atoms with van der Waals surface area (Å²) in [4.78, 5) is 4.59. The number of aryl methyl sites for hydroxylation is 1.